The van der Waals surface area contributed by atoms with Crippen LogP contribution in [0.5, 0.6) is 0 Å². The SMILES string of the molecule is CC1CCC(C)CC1.CC1CCC(C)CC1.CC1CCCN(C)C1.CC1CCN(C)C1.CC1CCN(C)CC1.CC1CN(C)C1.Cc1ccn(C)c(=O)n1.Cc1cn(C)cn1.Cc1cnn(C)c1. The molecule has 0 radical (unpaired) electrons. The molecule has 7 heterocycles. The maximum absolute atomic E-state index is 10.7. The van der Waals surface area contributed by atoms with Gasteiger partial charge < -0.3 is 28.7 Å². The Labute approximate surface area is 420 Å². The summed E-state index contributed by atoms with van der Waals surface area (Å²) in [6, 6.07) is 1.79. The van der Waals surface area contributed by atoms with E-state index in [-0.39, 0.29) is 5.69 Å². The molecule has 0 aromatic carbocycles. The summed E-state index contributed by atoms with van der Waals surface area (Å²) in [4.78, 5) is 27.9. The summed E-state index contributed by atoms with van der Waals surface area (Å²) in [5.41, 5.74) is 2.85. The minimum atomic E-state index is -0.199. The van der Waals surface area contributed by atoms with Gasteiger partial charge in [0.25, 0.3) is 0 Å². The van der Waals surface area contributed by atoms with Gasteiger partial charge in [-0.15, -0.1) is 0 Å². The van der Waals surface area contributed by atoms with Crippen LogP contribution in [0, 0.1) is 68.1 Å². The number of hydrogen-bond donors (Lipinski definition) is 0. The van der Waals surface area contributed by atoms with Crippen LogP contribution in [-0.2, 0) is 21.1 Å². The molecule has 0 N–H and O–H groups in total. The van der Waals surface area contributed by atoms with Gasteiger partial charge in [0.2, 0.25) is 0 Å². The van der Waals surface area contributed by atoms with E-state index in [0.29, 0.717) is 0 Å². The Kier molecular flexibility index (Phi) is 33.5. The monoisotopic (exact) mass is 951 g/mol. The van der Waals surface area contributed by atoms with Gasteiger partial charge in [-0.05, 0) is 166 Å². The van der Waals surface area contributed by atoms with Crippen molar-refractivity contribution in [2.45, 2.75) is 160 Å². The van der Waals surface area contributed by atoms with Crippen LogP contribution in [0.2, 0.25) is 0 Å². The molecular formula is C57H110N10O. The molecule has 3 aromatic rings. The quantitative estimate of drug-likeness (QED) is 0.220. The zero-order valence-electron chi connectivity index (χ0n) is 47.8. The molecule has 6 aliphatic rings. The molecule has 394 valence electrons. The van der Waals surface area contributed by atoms with E-state index in [9.17, 15) is 4.79 Å². The molecule has 3 aromatic heterocycles. The van der Waals surface area contributed by atoms with Crippen LogP contribution in [0.15, 0.2) is 42.0 Å². The number of rotatable bonds is 0. The van der Waals surface area contributed by atoms with Crippen LogP contribution < -0.4 is 5.69 Å². The van der Waals surface area contributed by atoms with Crippen molar-refractivity contribution < 1.29 is 0 Å². The highest BCUT2D eigenvalue weighted by Crippen LogP contribution is 2.28. The van der Waals surface area contributed by atoms with E-state index in [0.717, 1.165) is 58.7 Å². The topological polar surface area (TPSA) is 83.5 Å². The average Bonchev–Trinajstić information content (AvgIpc) is 3.99. The molecule has 4 aliphatic heterocycles. The average molecular weight is 952 g/mol. The number of likely N-dealkylation sites (tertiary alicyclic amines) is 4. The van der Waals surface area contributed by atoms with Crippen molar-refractivity contribution in [2.24, 2.45) is 68.5 Å². The Morgan fingerprint density at radius 2 is 0.897 bits per heavy atom. The lowest BCUT2D eigenvalue weighted by atomic mass is 9.84. The second-order valence-electron chi connectivity index (χ2n) is 23.0. The van der Waals surface area contributed by atoms with Gasteiger partial charge in [0.15, 0.2) is 0 Å². The van der Waals surface area contributed by atoms with Gasteiger partial charge in [0.05, 0.1) is 18.2 Å². The second-order valence-corrected chi connectivity index (χ2v) is 23.0. The molecule has 0 spiro atoms. The number of aryl methyl sites for hydroxylation is 6. The fraction of sp³-hybridized carbons (Fsp3) is 0.825. The molecule has 0 amide bonds. The number of hydrogen-bond acceptors (Lipinski definition) is 8. The van der Waals surface area contributed by atoms with Crippen molar-refractivity contribution in [2.75, 3.05) is 80.5 Å². The van der Waals surface area contributed by atoms with E-state index in [4.69, 9.17) is 0 Å². The molecule has 68 heavy (non-hydrogen) atoms. The zero-order chi connectivity index (χ0) is 51.2. The lowest BCUT2D eigenvalue weighted by Gasteiger charge is -2.33. The van der Waals surface area contributed by atoms with Gasteiger partial charge in [0, 0.05) is 71.6 Å². The number of nitrogens with zero attached hydrogens (tertiary/aromatic N) is 10. The summed E-state index contributed by atoms with van der Waals surface area (Å²) >= 11 is 0. The maximum atomic E-state index is 10.7. The van der Waals surface area contributed by atoms with Crippen molar-refractivity contribution in [1.82, 2.24) is 48.5 Å². The first-order valence-electron chi connectivity index (χ1n) is 27.1. The minimum absolute atomic E-state index is 0.199. The molecule has 9 rings (SSSR count). The van der Waals surface area contributed by atoms with Crippen molar-refractivity contribution in [3.8, 4) is 0 Å². The number of aromatic nitrogens is 6. The fourth-order valence-electron chi connectivity index (χ4n) is 9.22. The first kappa shape index (κ1) is 63.2. The minimum Gasteiger partial charge on any atom is -0.340 e. The number of imidazole rings is 1. The molecule has 6 fully saturated rings. The van der Waals surface area contributed by atoms with Crippen molar-refractivity contribution in [3.63, 3.8) is 0 Å². The van der Waals surface area contributed by atoms with Crippen LogP contribution in [0.4, 0.5) is 0 Å². The lowest BCUT2D eigenvalue weighted by Crippen LogP contribution is -2.41. The van der Waals surface area contributed by atoms with E-state index in [2.05, 4.69) is 118 Å². The summed E-state index contributed by atoms with van der Waals surface area (Å²) in [5.74, 6) is 7.91. The third-order valence-electron chi connectivity index (χ3n) is 14.1. The van der Waals surface area contributed by atoms with Crippen molar-refractivity contribution >= 4 is 0 Å². The Hall–Kier alpha value is -2.86. The standard InChI is InChI=1S/2C8H16.2C7H15N.C6H8N2O.C6H13N.2C5H8N2.C5H11N/c3*1-7-3-5-8(2)6-4-7;1-7-4-3-5-8(2)6-7;1-5-3-4-8(2)6(9)7-5;1-6-3-4-7(2)5-6;1-5-3-7(2)4-6-5;1-5-3-6-7(2)4-5;1-5-3-6(2)4-5/h2*7-8H,3-6H2,1-2H3;2*7H,3-6H2,1-2H3;3-4H,1-2H3;6H,3-5H2,1-2H3;2*3-4H,1-2H3;5H,3-4H2,1-2H3. The van der Waals surface area contributed by atoms with Crippen LogP contribution in [-0.4, -0.2) is 129 Å². The Morgan fingerprint density at radius 3 is 1.12 bits per heavy atom. The predicted octanol–water partition coefficient (Wildman–Crippen LogP) is 11.4. The molecule has 2 aliphatic carbocycles. The van der Waals surface area contributed by atoms with Gasteiger partial charge in [0.1, 0.15) is 0 Å². The molecule has 0 bridgehead atoms. The highest BCUT2D eigenvalue weighted by atomic mass is 16.1. The van der Waals surface area contributed by atoms with Gasteiger partial charge in [-0.2, -0.15) is 10.1 Å². The highest BCUT2D eigenvalue weighted by molar-refractivity contribution is 4.98. The van der Waals surface area contributed by atoms with Gasteiger partial charge >= 0.3 is 5.69 Å². The number of piperidine rings is 2. The van der Waals surface area contributed by atoms with E-state index >= 15 is 0 Å². The summed E-state index contributed by atoms with van der Waals surface area (Å²) in [6.45, 7) is 35.0. The molecule has 11 heteroatoms. The maximum Gasteiger partial charge on any atom is 0.347 e. The first-order chi connectivity index (χ1) is 32.0. The predicted molar refractivity (Wildman–Crippen MR) is 293 cm³/mol. The van der Waals surface area contributed by atoms with E-state index in [1.165, 1.54) is 146 Å². The van der Waals surface area contributed by atoms with Crippen LogP contribution in [0.1, 0.15) is 156 Å². The van der Waals surface area contributed by atoms with E-state index < -0.39 is 0 Å². The summed E-state index contributed by atoms with van der Waals surface area (Å²) < 4.78 is 5.15. The van der Waals surface area contributed by atoms with E-state index in [1.54, 1.807) is 37.2 Å². The molecule has 2 unspecified atom stereocenters. The molecule has 2 saturated carbocycles. The lowest BCUT2D eigenvalue weighted by molar-refractivity contribution is 0.149. The molecular weight excluding hydrogens is 841 g/mol. The zero-order valence-corrected chi connectivity index (χ0v) is 47.8. The fourth-order valence-corrected chi connectivity index (χ4v) is 9.22. The van der Waals surface area contributed by atoms with Gasteiger partial charge in [-0.1, -0.05) is 107 Å². The van der Waals surface area contributed by atoms with E-state index in [1.807, 2.05) is 51.1 Å². The van der Waals surface area contributed by atoms with Crippen molar-refractivity contribution in [1.29, 1.82) is 0 Å². The summed E-state index contributed by atoms with van der Waals surface area (Å²) in [5, 5.41) is 3.93. The smallest absolute Gasteiger partial charge is 0.340 e. The summed E-state index contributed by atoms with van der Waals surface area (Å²) in [6.07, 6.45) is 28.1. The third-order valence-corrected chi connectivity index (χ3v) is 14.1. The van der Waals surface area contributed by atoms with Gasteiger partial charge in [-0.3, -0.25) is 4.68 Å². The molecule has 11 nitrogen and oxygen atoms in total. The third kappa shape index (κ3) is 33.6. The van der Waals surface area contributed by atoms with Crippen molar-refractivity contribution in [3.05, 3.63) is 64.6 Å². The van der Waals surface area contributed by atoms with Gasteiger partial charge in [-0.25, -0.2) is 9.78 Å². The largest absolute Gasteiger partial charge is 0.347 e. The Balaban J connectivity index is 0.000000383. The Morgan fingerprint density at radius 1 is 0.471 bits per heavy atom. The van der Waals surface area contributed by atoms with Crippen LogP contribution in [0.3, 0.4) is 0 Å². The van der Waals surface area contributed by atoms with Crippen LogP contribution in [0.25, 0.3) is 0 Å². The second kappa shape index (κ2) is 36.1. The normalized spacial score (nSPS) is 25.4. The summed E-state index contributed by atoms with van der Waals surface area (Å²) in [7, 11) is 14.3. The Bertz CT molecular complexity index is 1520. The first-order valence-corrected chi connectivity index (χ1v) is 27.1. The highest BCUT2D eigenvalue weighted by Gasteiger charge is 2.17. The molecule has 4 saturated heterocycles. The molecule has 2 atom stereocenters. The van der Waals surface area contributed by atoms with Crippen LogP contribution >= 0.6 is 0 Å².